The lowest BCUT2D eigenvalue weighted by molar-refractivity contribution is -0.110. The molecule has 0 aromatic rings. The van der Waals surface area contributed by atoms with E-state index < -0.39 is 0 Å². The minimum atomic E-state index is 0.0696. The summed E-state index contributed by atoms with van der Waals surface area (Å²) in [6, 6.07) is 0. The van der Waals surface area contributed by atoms with Crippen LogP contribution >= 0.6 is 12.2 Å². The second kappa shape index (κ2) is 5.63. The number of ether oxygens (including phenoxy) is 2. The molecule has 1 fully saturated rings. The number of rotatable bonds is 5. The third-order valence-corrected chi connectivity index (χ3v) is 1.89. The summed E-state index contributed by atoms with van der Waals surface area (Å²) < 4.78 is 10.7. The van der Waals surface area contributed by atoms with Crippen LogP contribution in [0.5, 0.6) is 0 Å². The highest BCUT2D eigenvalue weighted by molar-refractivity contribution is 7.78. The molecule has 0 saturated carbocycles. The maximum Gasteiger partial charge on any atom is 0.157 e. The summed E-state index contributed by atoms with van der Waals surface area (Å²) in [6.45, 7) is 1.63. The Bertz CT molecular complexity index is 111. The quantitative estimate of drug-likeness (QED) is 0.468. The molecule has 0 aromatic carbocycles. The SMILES string of the molecule is S=CCCCOC1CCCO1. The van der Waals surface area contributed by atoms with Crippen LogP contribution in [-0.4, -0.2) is 24.9 Å². The molecular weight excluding hydrogens is 160 g/mol. The van der Waals surface area contributed by atoms with Gasteiger partial charge in [0.05, 0.1) is 6.61 Å². The van der Waals surface area contributed by atoms with Crippen molar-refractivity contribution in [3.63, 3.8) is 0 Å². The van der Waals surface area contributed by atoms with Crippen molar-refractivity contribution in [1.82, 2.24) is 0 Å². The van der Waals surface area contributed by atoms with Crippen LogP contribution in [0, 0.1) is 0 Å². The van der Waals surface area contributed by atoms with E-state index in [1.807, 2.05) is 0 Å². The van der Waals surface area contributed by atoms with Gasteiger partial charge in [-0.2, -0.15) is 0 Å². The van der Waals surface area contributed by atoms with E-state index in [0.717, 1.165) is 38.9 Å². The monoisotopic (exact) mass is 174 g/mol. The first-order valence-corrected chi connectivity index (χ1v) is 4.57. The van der Waals surface area contributed by atoms with Gasteiger partial charge in [-0.05, 0) is 24.6 Å². The number of thiocarbonyl (C=S) groups is 1. The number of unbranched alkanes of at least 4 members (excludes halogenated alkanes) is 1. The van der Waals surface area contributed by atoms with Crippen molar-refractivity contribution >= 4 is 17.6 Å². The van der Waals surface area contributed by atoms with Crippen molar-refractivity contribution in [2.24, 2.45) is 0 Å². The number of hydrogen-bond donors (Lipinski definition) is 0. The Kier molecular flexibility index (Phi) is 4.66. The summed E-state index contributed by atoms with van der Waals surface area (Å²) >= 11 is 4.69. The minimum Gasteiger partial charge on any atom is -0.353 e. The van der Waals surface area contributed by atoms with Crippen molar-refractivity contribution in [3.8, 4) is 0 Å². The topological polar surface area (TPSA) is 18.5 Å². The highest BCUT2D eigenvalue weighted by atomic mass is 32.1. The van der Waals surface area contributed by atoms with E-state index in [2.05, 4.69) is 12.2 Å². The first kappa shape index (κ1) is 9.10. The van der Waals surface area contributed by atoms with E-state index in [1.165, 1.54) is 0 Å². The van der Waals surface area contributed by atoms with Crippen molar-refractivity contribution in [1.29, 1.82) is 0 Å². The van der Waals surface area contributed by atoms with Crippen LogP contribution in [-0.2, 0) is 9.47 Å². The largest absolute Gasteiger partial charge is 0.353 e. The van der Waals surface area contributed by atoms with Gasteiger partial charge in [-0.1, -0.05) is 12.2 Å². The van der Waals surface area contributed by atoms with Gasteiger partial charge >= 0.3 is 0 Å². The Morgan fingerprint density at radius 3 is 3.18 bits per heavy atom. The summed E-state index contributed by atoms with van der Waals surface area (Å²) in [5, 5.41) is 1.75. The van der Waals surface area contributed by atoms with Crippen molar-refractivity contribution < 1.29 is 9.47 Å². The molecule has 0 N–H and O–H groups in total. The van der Waals surface area contributed by atoms with Gasteiger partial charge < -0.3 is 9.47 Å². The standard InChI is InChI=1S/C8H14O2S/c11-7-2-1-5-9-8-4-3-6-10-8/h7-8H,1-6H2. The normalized spacial score (nSPS) is 23.8. The molecule has 0 amide bonds. The molecule has 64 valence electrons. The van der Waals surface area contributed by atoms with Crippen molar-refractivity contribution in [2.75, 3.05) is 13.2 Å². The Morgan fingerprint density at radius 1 is 1.64 bits per heavy atom. The first-order chi connectivity index (χ1) is 5.43. The van der Waals surface area contributed by atoms with Crippen LogP contribution in [0.3, 0.4) is 0 Å². The van der Waals surface area contributed by atoms with Crippen LogP contribution in [0.2, 0.25) is 0 Å². The smallest absolute Gasteiger partial charge is 0.157 e. The second-order valence-corrected chi connectivity index (χ2v) is 2.96. The van der Waals surface area contributed by atoms with E-state index in [-0.39, 0.29) is 6.29 Å². The maximum atomic E-state index is 5.42. The van der Waals surface area contributed by atoms with E-state index in [0.29, 0.717) is 0 Å². The average Bonchev–Trinajstić information content (AvgIpc) is 2.50. The molecule has 2 nitrogen and oxygen atoms in total. The molecule has 0 spiro atoms. The van der Waals surface area contributed by atoms with Gasteiger partial charge in [-0.15, -0.1) is 0 Å². The van der Waals surface area contributed by atoms with E-state index in [9.17, 15) is 0 Å². The molecule has 0 radical (unpaired) electrons. The summed E-state index contributed by atoms with van der Waals surface area (Å²) in [5.74, 6) is 0. The van der Waals surface area contributed by atoms with Crippen LogP contribution in [0.15, 0.2) is 0 Å². The van der Waals surface area contributed by atoms with E-state index in [4.69, 9.17) is 9.47 Å². The van der Waals surface area contributed by atoms with Crippen LogP contribution in [0.4, 0.5) is 0 Å². The average molecular weight is 174 g/mol. The predicted octanol–water partition coefficient (Wildman–Crippen LogP) is 1.92. The Balaban J connectivity index is 1.89. The molecule has 11 heavy (non-hydrogen) atoms. The predicted molar refractivity (Wildman–Crippen MR) is 47.8 cm³/mol. The molecular formula is C8H14O2S. The Hall–Kier alpha value is 0.0100. The zero-order chi connectivity index (χ0) is 7.94. The van der Waals surface area contributed by atoms with Gasteiger partial charge in [0, 0.05) is 13.0 Å². The van der Waals surface area contributed by atoms with Gasteiger partial charge in [-0.3, -0.25) is 0 Å². The zero-order valence-electron chi connectivity index (χ0n) is 6.62. The summed E-state index contributed by atoms with van der Waals surface area (Å²) in [6.07, 6.45) is 4.24. The van der Waals surface area contributed by atoms with Gasteiger partial charge in [0.25, 0.3) is 0 Å². The maximum absolute atomic E-state index is 5.42. The van der Waals surface area contributed by atoms with E-state index in [1.54, 1.807) is 5.37 Å². The fraction of sp³-hybridized carbons (Fsp3) is 0.875. The molecule has 3 heteroatoms. The Labute approximate surface area is 72.9 Å². The van der Waals surface area contributed by atoms with Gasteiger partial charge in [-0.25, -0.2) is 0 Å². The number of hydrogen-bond acceptors (Lipinski definition) is 3. The van der Waals surface area contributed by atoms with Gasteiger partial charge in [0.15, 0.2) is 6.29 Å². The fourth-order valence-corrected chi connectivity index (χ4v) is 1.23. The lowest BCUT2D eigenvalue weighted by Crippen LogP contribution is -2.11. The van der Waals surface area contributed by atoms with E-state index >= 15 is 0 Å². The van der Waals surface area contributed by atoms with Gasteiger partial charge in [0.2, 0.25) is 0 Å². The highest BCUT2D eigenvalue weighted by Crippen LogP contribution is 2.13. The van der Waals surface area contributed by atoms with Gasteiger partial charge in [0.1, 0.15) is 0 Å². The Morgan fingerprint density at radius 2 is 2.55 bits per heavy atom. The fourth-order valence-electron chi connectivity index (χ4n) is 1.06. The lowest BCUT2D eigenvalue weighted by Gasteiger charge is -2.09. The second-order valence-electron chi connectivity index (χ2n) is 2.62. The third-order valence-electron chi connectivity index (χ3n) is 1.66. The molecule has 1 aliphatic heterocycles. The molecule has 1 atom stereocenters. The summed E-state index contributed by atoms with van der Waals surface area (Å²) in [5.41, 5.74) is 0. The highest BCUT2D eigenvalue weighted by Gasteiger charge is 2.14. The van der Waals surface area contributed by atoms with Crippen LogP contribution in [0.25, 0.3) is 0 Å². The molecule has 1 unspecified atom stereocenters. The molecule has 1 aliphatic rings. The molecule has 0 aliphatic carbocycles. The minimum absolute atomic E-state index is 0.0696. The van der Waals surface area contributed by atoms with Crippen molar-refractivity contribution in [3.05, 3.63) is 0 Å². The van der Waals surface area contributed by atoms with Crippen molar-refractivity contribution in [2.45, 2.75) is 32.0 Å². The third kappa shape index (κ3) is 3.79. The van der Waals surface area contributed by atoms with Crippen LogP contribution in [0.1, 0.15) is 25.7 Å². The van der Waals surface area contributed by atoms with Crippen LogP contribution < -0.4 is 0 Å². The molecule has 1 heterocycles. The zero-order valence-corrected chi connectivity index (χ0v) is 7.44. The summed E-state index contributed by atoms with van der Waals surface area (Å²) in [4.78, 5) is 0. The summed E-state index contributed by atoms with van der Waals surface area (Å²) in [7, 11) is 0. The lowest BCUT2D eigenvalue weighted by atomic mass is 10.3. The molecule has 1 saturated heterocycles. The molecule has 0 aromatic heterocycles. The first-order valence-electron chi connectivity index (χ1n) is 4.10. The molecule has 1 rings (SSSR count). The molecule has 0 bridgehead atoms.